The molecule has 1 unspecified atom stereocenters. The van der Waals surface area contributed by atoms with E-state index in [0.29, 0.717) is 24.0 Å². The van der Waals surface area contributed by atoms with Gasteiger partial charge >= 0.3 is 6.03 Å². The zero-order valence-corrected chi connectivity index (χ0v) is 15.0. The van der Waals surface area contributed by atoms with Crippen LogP contribution < -0.4 is 10.6 Å². The van der Waals surface area contributed by atoms with Gasteiger partial charge in [0.2, 0.25) is 0 Å². The van der Waals surface area contributed by atoms with Crippen molar-refractivity contribution in [3.05, 3.63) is 23.9 Å². The maximum absolute atomic E-state index is 12.1. The standard InChI is InChI=1S/C18H27N5O2/c1-22(2)17(24)13-6-9-16(19-11-13)21-18(25)20-12-15-5-3-4-10-23(15)14-7-8-14/h6,9,11,14-15H,3-5,7-8,10,12H2,1-2H3,(H2,19,20,21,25). The van der Waals surface area contributed by atoms with Crippen LogP contribution in [0.1, 0.15) is 42.5 Å². The van der Waals surface area contributed by atoms with Crippen molar-refractivity contribution in [2.75, 3.05) is 32.5 Å². The highest BCUT2D eigenvalue weighted by atomic mass is 16.2. The molecule has 0 spiro atoms. The molecule has 2 N–H and O–H groups in total. The summed E-state index contributed by atoms with van der Waals surface area (Å²) in [6.45, 7) is 1.82. The molecule has 0 aromatic carbocycles. The molecule has 1 saturated heterocycles. The molecule has 0 radical (unpaired) electrons. The average molecular weight is 345 g/mol. The summed E-state index contributed by atoms with van der Waals surface area (Å²) in [6.07, 6.45) is 7.72. The van der Waals surface area contributed by atoms with Gasteiger partial charge in [0.1, 0.15) is 5.82 Å². The normalized spacial score (nSPS) is 20.8. The molecule has 2 heterocycles. The fraction of sp³-hybridized carbons (Fsp3) is 0.611. The fourth-order valence-electron chi connectivity index (χ4n) is 3.35. The predicted octanol–water partition coefficient (Wildman–Crippen LogP) is 1.92. The van der Waals surface area contributed by atoms with E-state index in [1.165, 1.54) is 36.8 Å². The number of nitrogens with zero attached hydrogens (tertiary/aromatic N) is 3. The second-order valence-corrected chi connectivity index (χ2v) is 7.09. The first-order chi connectivity index (χ1) is 12.0. The molecule has 1 saturated carbocycles. The number of rotatable bonds is 5. The maximum Gasteiger partial charge on any atom is 0.320 e. The summed E-state index contributed by atoms with van der Waals surface area (Å²) in [5.41, 5.74) is 0.498. The number of carbonyl (C=O) groups excluding carboxylic acids is 2. The third-order valence-electron chi connectivity index (χ3n) is 4.85. The summed E-state index contributed by atoms with van der Waals surface area (Å²) in [5.74, 6) is 0.330. The number of carbonyl (C=O) groups is 2. The van der Waals surface area contributed by atoms with Crippen molar-refractivity contribution in [3.8, 4) is 0 Å². The smallest absolute Gasteiger partial charge is 0.320 e. The van der Waals surface area contributed by atoms with Crippen molar-refractivity contribution in [3.63, 3.8) is 0 Å². The van der Waals surface area contributed by atoms with Crippen LogP contribution in [0.4, 0.5) is 10.6 Å². The van der Waals surface area contributed by atoms with Gasteiger partial charge in [0.05, 0.1) is 5.56 Å². The van der Waals surface area contributed by atoms with E-state index in [4.69, 9.17) is 0 Å². The van der Waals surface area contributed by atoms with Crippen LogP contribution in [0, 0.1) is 0 Å². The third-order valence-corrected chi connectivity index (χ3v) is 4.85. The van der Waals surface area contributed by atoms with Crippen LogP contribution in [-0.2, 0) is 0 Å². The number of likely N-dealkylation sites (tertiary alicyclic amines) is 1. The zero-order valence-electron chi connectivity index (χ0n) is 15.0. The van der Waals surface area contributed by atoms with E-state index < -0.39 is 0 Å². The molecule has 0 bridgehead atoms. The molecular weight excluding hydrogens is 318 g/mol. The molecule has 3 rings (SSSR count). The van der Waals surface area contributed by atoms with Crippen molar-refractivity contribution >= 4 is 17.8 Å². The Kier molecular flexibility index (Phi) is 5.53. The van der Waals surface area contributed by atoms with Crippen molar-refractivity contribution in [1.29, 1.82) is 0 Å². The van der Waals surface area contributed by atoms with Gasteiger partial charge in [-0.05, 0) is 44.4 Å². The van der Waals surface area contributed by atoms with Gasteiger partial charge < -0.3 is 10.2 Å². The number of hydrogen-bond donors (Lipinski definition) is 2. The molecule has 1 aromatic heterocycles. The lowest BCUT2D eigenvalue weighted by atomic mass is 10.0. The Morgan fingerprint density at radius 2 is 2.04 bits per heavy atom. The molecule has 25 heavy (non-hydrogen) atoms. The summed E-state index contributed by atoms with van der Waals surface area (Å²) >= 11 is 0. The Labute approximate surface area is 148 Å². The molecule has 1 aliphatic carbocycles. The monoisotopic (exact) mass is 345 g/mol. The summed E-state index contributed by atoms with van der Waals surface area (Å²) in [5, 5.41) is 5.69. The van der Waals surface area contributed by atoms with Gasteiger partial charge in [-0.1, -0.05) is 6.42 Å². The second kappa shape index (κ2) is 7.82. The van der Waals surface area contributed by atoms with E-state index in [2.05, 4.69) is 20.5 Å². The van der Waals surface area contributed by atoms with Crippen LogP contribution in [0.2, 0.25) is 0 Å². The Morgan fingerprint density at radius 3 is 2.68 bits per heavy atom. The first-order valence-corrected chi connectivity index (χ1v) is 9.03. The fourth-order valence-corrected chi connectivity index (χ4v) is 3.35. The number of nitrogens with one attached hydrogen (secondary N) is 2. The van der Waals surface area contributed by atoms with E-state index in [9.17, 15) is 9.59 Å². The maximum atomic E-state index is 12.1. The Bertz CT molecular complexity index is 612. The summed E-state index contributed by atoms with van der Waals surface area (Å²) in [4.78, 5) is 32.1. The van der Waals surface area contributed by atoms with Crippen molar-refractivity contribution in [2.45, 2.75) is 44.2 Å². The minimum Gasteiger partial charge on any atom is -0.345 e. The minimum atomic E-state index is -0.250. The van der Waals surface area contributed by atoms with Crippen molar-refractivity contribution in [2.24, 2.45) is 0 Å². The van der Waals surface area contributed by atoms with Crippen molar-refractivity contribution in [1.82, 2.24) is 20.1 Å². The highest BCUT2D eigenvalue weighted by Gasteiger charge is 2.35. The lowest BCUT2D eigenvalue weighted by Gasteiger charge is -2.35. The second-order valence-electron chi connectivity index (χ2n) is 7.09. The lowest BCUT2D eigenvalue weighted by Crippen LogP contribution is -2.48. The van der Waals surface area contributed by atoms with Gasteiger partial charge in [0.25, 0.3) is 5.91 Å². The van der Waals surface area contributed by atoms with Gasteiger partial charge in [0, 0.05) is 38.9 Å². The number of piperidine rings is 1. The van der Waals surface area contributed by atoms with Crippen LogP contribution in [0.5, 0.6) is 0 Å². The quantitative estimate of drug-likeness (QED) is 0.855. The molecule has 3 amide bonds. The van der Waals surface area contributed by atoms with E-state index in [1.54, 1.807) is 26.2 Å². The molecule has 7 heteroatoms. The van der Waals surface area contributed by atoms with E-state index in [1.807, 2.05) is 0 Å². The lowest BCUT2D eigenvalue weighted by molar-refractivity contribution is 0.0827. The molecule has 2 aliphatic rings. The first-order valence-electron chi connectivity index (χ1n) is 9.03. The summed E-state index contributed by atoms with van der Waals surface area (Å²) in [6, 6.07) is 4.24. The average Bonchev–Trinajstić information content (AvgIpc) is 3.45. The Morgan fingerprint density at radius 1 is 1.24 bits per heavy atom. The molecule has 2 fully saturated rings. The summed E-state index contributed by atoms with van der Waals surface area (Å²) in [7, 11) is 3.39. The molecular formula is C18H27N5O2. The van der Waals surface area contributed by atoms with Gasteiger partial charge in [-0.25, -0.2) is 9.78 Å². The van der Waals surface area contributed by atoms with Crippen LogP contribution >= 0.6 is 0 Å². The number of amides is 3. The predicted molar refractivity (Wildman–Crippen MR) is 96.6 cm³/mol. The van der Waals surface area contributed by atoms with Crippen LogP contribution in [0.15, 0.2) is 18.3 Å². The van der Waals surface area contributed by atoms with Crippen molar-refractivity contribution < 1.29 is 9.59 Å². The van der Waals surface area contributed by atoms with Gasteiger partial charge in [-0.2, -0.15) is 0 Å². The summed E-state index contributed by atoms with van der Waals surface area (Å²) < 4.78 is 0. The Hall–Kier alpha value is -2.15. The number of hydrogen-bond acceptors (Lipinski definition) is 4. The molecule has 7 nitrogen and oxygen atoms in total. The topological polar surface area (TPSA) is 77.6 Å². The van der Waals surface area contributed by atoms with Gasteiger partial charge in [0.15, 0.2) is 0 Å². The molecule has 1 atom stereocenters. The van der Waals surface area contributed by atoms with E-state index in [-0.39, 0.29) is 11.9 Å². The number of urea groups is 1. The molecule has 1 aromatic rings. The van der Waals surface area contributed by atoms with E-state index >= 15 is 0 Å². The highest BCUT2D eigenvalue weighted by Crippen LogP contribution is 2.32. The number of pyridine rings is 1. The van der Waals surface area contributed by atoms with E-state index in [0.717, 1.165) is 19.0 Å². The number of anilines is 1. The minimum absolute atomic E-state index is 0.110. The van der Waals surface area contributed by atoms with Crippen LogP contribution in [-0.4, -0.2) is 66.0 Å². The van der Waals surface area contributed by atoms with Crippen LogP contribution in [0.25, 0.3) is 0 Å². The molecule has 1 aliphatic heterocycles. The number of aromatic nitrogens is 1. The van der Waals surface area contributed by atoms with Gasteiger partial charge in [-0.3, -0.25) is 15.0 Å². The first kappa shape index (κ1) is 17.7. The largest absolute Gasteiger partial charge is 0.345 e. The van der Waals surface area contributed by atoms with Gasteiger partial charge in [-0.15, -0.1) is 0 Å². The zero-order chi connectivity index (χ0) is 17.8. The third kappa shape index (κ3) is 4.69. The highest BCUT2D eigenvalue weighted by molar-refractivity contribution is 5.94. The molecule has 136 valence electrons. The SMILES string of the molecule is CN(C)C(=O)c1ccc(NC(=O)NCC2CCCCN2C2CC2)nc1. The van der Waals surface area contributed by atoms with Crippen LogP contribution in [0.3, 0.4) is 0 Å². The Balaban J connectivity index is 1.48.